The summed E-state index contributed by atoms with van der Waals surface area (Å²) in [5.74, 6) is 0. The monoisotopic (exact) mass is 540 g/mol. The average Bonchev–Trinajstić information content (AvgIpc) is 0.722. The molecule has 0 aromatic carbocycles. The summed E-state index contributed by atoms with van der Waals surface area (Å²) in [6, 6.07) is 0. The van der Waals surface area contributed by atoms with Crippen molar-refractivity contribution in [1.82, 2.24) is 0 Å². The molecule has 0 N–H and O–H groups in total. The minimum absolute atomic E-state index is 0. The molecular formula is Ag4O4Ti. The van der Waals surface area contributed by atoms with E-state index in [-0.39, 0.29) is 89.5 Å². The van der Waals surface area contributed by atoms with E-state index < -0.39 is 18.1 Å². The average molecular weight is 543 g/mol. The first kappa shape index (κ1) is 29.4. The van der Waals surface area contributed by atoms with Crippen LogP contribution < -0.4 is 14.8 Å². The summed E-state index contributed by atoms with van der Waals surface area (Å²) < 4.78 is 34.5. The van der Waals surface area contributed by atoms with E-state index in [2.05, 4.69) is 0 Å². The zero-order chi connectivity index (χ0) is 4.50. The van der Waals surface area contributed by atoms with Crippen molar-refractivity contribution >= 4 is 0 Å². The molecule has 0 radical (unpaired) electrons. The molecule has 72 valence electrons. The standard InChI is InChI=1S/4Ag.4O.Ti/q4*+1;4*-1;. The van der Waals surface area contributed by atoms with Gasteiger partial charge in [0.25, 0.3) is 0 Å². The van der Waals surface area contributed by atoms with E-state index in [4.69, 9.17) is 14.8 Å². The summed E-state index contributed by atoms with van der Waals surface area (Å²) in [6.07, 6.45) is 0. The predicted octanol–water partition coefficient (Wildman–Crippen LogP) is -4.77. The molecule has 0 aromatic rings. The number of hydrogen-bond donors (Lipinski definition) is 0. The Kier molecular flexibility index (Phi) is 45.9. The van der Waals surface area contributed by atoms with Gasteiger partial charge in [0.05, 0.1) is 0 Å². The van der Waals surface area contributed by atoms with Gasteiger partial charge in [-0.15, -0.1) is 0 Å². The molecule has 0 saturated carbocycles. The topological polar surface area (TPSA) is 92.2 Å². The van der Waals surface area contributed by atoms with Gasteiger partial charge in [0.2, 0.25) is 0 Å². The molecule has 0 aromatic heterocycles. The summed E-state index contributed by atoms with van der Waals surface area (Å²) in [7, 11) is 0. The first-order valence-corrected chi connectivity index (χ1v) is 3.37. The third-order valence-corrected chi connectivity index (χ3v) is 0. The molecular weight excluding hydrogens is 543 g/mol. The van der Waals surface area contributed by atoms with Crippen LogP contribution in [0.1, 0.15) is 0 Å². The van der Waals surface area contributed by atoms with E-state index in [1.54, 1.807) is 0 Å². The predicted molar refractivity (Wildman–Crippen MR) is 0 cm³/mol. The number of hydrogen-bond acceptors (Lipinski definition) is 4. The first-order valence-electron chi connectivity index (χ1n) is 0.816. The Balaban J connectivity index is -0.0000000133. The van der Waals surface area contributed by atoms with E-state index in [9.17, 15) is 0 Å². The van der Waals surface area contributed by atoms with Crippen molar-refractivity contribution in [1.29, 1.82) is 0 Å². The van der Waals surface area contributed by atoms with Crippen LogP contribution in [0.4, 0.5) is 0 Å². The van der Waals surface area contributed by atoms with Crippen LogP contribution in [-0.4, -0.2) is 0 Å². The maximum atomic E-state index is 8.62. The Hall–Kier alpha value is 3.52. The molecule has 0 spiro atoms. The molecule has 9 heteroatoms. The second-order valence-electron chi connectivity index (χ2n) is 0.500. The second-order valence-corrected chi connectivity index (χ2v) is 2.06. The normalized spacial score (nSPS) is 6.67. The van der Waals surface area contributed by atoms with Crippen LogP contribution in [0.5, 0.6) is 0 Å². The molecule has 0 aliphatic carbocycles. The van der Waals surface area contributed by atoms with Gasteiger partial charge in [-0.1, -0.05) is 0 Å². The van der Waals surface area contributed by atoms with Crippen molar-refractivity contribution in [2.75, 3.05) is 0 Å². The molecule has 0 saturated heterocycles. The third-order valence-electron chi connectivity index (χ3n) is 0. The second kappa shape index (κ2) is 14.1. The van der Waals surface area contributed by atoms with Gasteiger partial charge in [0.15, 0.2) is 0 Å². The van der Waals surface area contributed by atoms with Crippen LogP contribution in [0, 0.1) is 0 Å². The summed E-state index contributed by atoms with van der Waals surface area (Å²) in [6.45, 7) is 0. The fourth-order valence-corrected chi connectivity index (χ4v) is 0. The molecule has 9 heavy (non-hydrogen) atoms. The zero-order valence-corrected chi connectivity index (χ0v) is 10.8. The van der Waals surface area contributed by atoms with Gasteiger partial charge < -0.3 is 0 Å². The van der Waals surface area contributed by atoms with E-state index >= 15 is 0 Å². The Morgan fingerprint density at radius 1 is 0.556 bits per heavy atom. The molecule has 0 unspecified atom stereocenters. The molecule has 0 bridgehead atoms. The zero-order valence-electron chi connectivity index (χ0n) is 3.34. The van der Waals surface area contributed by atoms with Gasteiger partial charge in [0, 0.05) is 0 Å². The molecule has 0 amide bonds. The number of rotatable bonds is 0. The Morgan fingerprint density at radius 2 is 0.556 bits per heavy atom. The van der Waals surface area contributed by atoms with Crippen molar-refractivity contribution in [2.45, 2.75) is 0 Å². The third kappa shape index (κ3) is 84.4. The van der Waals surface area contributed by atoms with Gasteiger partial charge in [0.1, 0.15) is 0 Å². The molecule has 0 rings (SSSR count). The molecule has 0 heterocycles. The molecule has 0 aliphatic heterocycles. The fraction of sp³-hybridized carbons (Fsp3) is 0. The van der Waals surface area contributed by atoms with Crippen LogP contribution in [0.2, 0.25) is 0 Å². The first-order chi connectivity index (χ1) is 2.00. The van der Waals surface area contributed by atoms with Crippen LogP contribution in [0.25, 0.3) is 0 Å². The molecule has 4 nitrogen and oxygen atoms in total. The Labute approximate surface area is 120 Å². The maximum absolute atomic E-state index is 8.62. The van der Waals surface area contributed by atoms with E-state index in [0.29, 0.717) is 0 Å². The van der Waals surface area contributed by atoms with Gasteiger partial charge in [-0.25, -0.2) is 0 Å². The van der Waals surface area contributed by atoms with Gasteiger partial charge >= 0.3 is 122 Å². The van der Waals surface area contributed by atoms with Crippen LogP contribution in [-0.2, 0) is 108 Å². The summed E-state index contributed by atoms with van der Waals surface area (Å²) >= 11 is -6.00. The van der Waals surface area contributed by atoms with Crippen molar-refractivity contribution < 1.29 is 122 Å². The SMILES string of the molecule is [Ag+].[Ag+].[Ag+].[Ag+].[O-][Ti]([O-])([O-])[O-]. The molecule has 0 atom stereocenters. The summed E-state index contributed by atoms with van der Waals surface area (Å²) in [5.41, 5.74) is 0. The van der Waals surface area contributed by atoms with Gasteiger partial charge in [-0.3, -0.25) is 0 Å². The van der Waals surface area contributed by atoms with Crippen molar-refractivity contribution in [3.8, 4) is 0 Å². The molecule has 0 fully saturated rings. The van der Waals surface area contributed by atoms with E-state index in [1.165, 1.54) is 0 Å². The Morgan fingerprint density at radius 3 is 0.556 bits per heavy atom. The fourth-order valence-electron chi connectivity index (χ4n) is 0. The van der Waals surface area contributed by atoms with Crippen LogP contribution in [0.3, 0.4) is 0 Å². The van der Waals surface area contributed by atoms with Crippen molar-refractivity contribution in [2.24, 2.45) is 0 Å². The van der Waals surface area contributed by atoms with Crippen LogP contribution in [0.15, 0.2) is 0 Å². The van der Waals surface area contributed by atoms with Gasteiger partial charge in [-0.2, -0.15) is 0 Å². The van der Waals surface area contributed by atoms with Crippen LogP contribution >= 0.6 is 0 Å². The molecule has 0 aliphatic rings. The van der Waals surface area contributed by atoms with Crippen molar-refractivity contribution in [3.05, 3.63) is 0 Å². The minimum atomic E-state index is -6.00. The van der Waals surface area contributed by atoms with E-state index in [0.717, 1.165) is 0 Å². The Bertz CT molecular complexity index is 28.0. The van der Waals surface area contributed by atoms with Crippen molar-refractivity contribution in [3.63, 3.8) is 0 Å². The quantitative estimate of drug-likeness (QED) is 0.287. The summed E-state index contributed by atoms with van der Waals surface area (Å²) in [5, 5.41) is 0. The van der Waals surface area contributed by atoms with Gasteiger partial charge in [-0.05, 0) is 0 Å². The summed E-state index contributed by atoms with van der Waals surface area (Å²) in [4.78, 5) is 0. The van der Waals surface area contributed by atoms with E-state index in [1.807, 2.05) is 0 Å².